The van der Waals surface area contributed by atoms with E-state index in [4.69, 9.17) is 36.7 Å². The molecule has 0 amide bonds. The summed E-state index contributed by atoms with van der Waals surface area (Å²) < 4.78 is 52.3. The molecule has 7 aromatic rings. The Kier molecular flexibility index (Phi) is 19.2. The number of nitro groups is 3. The monoisotopic (exact) mass is 1180 g/mol. The lowest BCUT2D eigenvalue weighted by atomic mass is 9.84. The molecular weight excluding hydrogens is 1130 g/mol. The first-order chi connectivity index (χ1) is 39.4. The van der Waals surface area contributed by atoms with E-state index in [1.54, 1.807) is 36.4 Å². The molecule has 7 rings (SSSR count). The summed E-state index contributed by atoms with van der Waals surface area (Å²) in [4.78, 5) is 32.9. The zero-order valence-corrected chi connectivity index (χ0v) is 49.6. The van der Waals surface area contributed by atoms with Gasteiger partial charge in [-0.25, -0.2) is 13.2 Å². The van der Waals surface area contributed by atoms with Crippen LogP contribution in [-0.2, 0) is 29.1 Å². The van der Waals surface area contributed by atoms with Gasteiger partial charge in [-0.3, -0.25) is 30.3 Å². The first kappa shape index (κ1) is 62.3. The number of non-ortho nitro benzene ring substituents is 3. The van der Waals surface area contributed by atoms with Crippen molar-refractivity contribution in [3.8, 4) is 35.5 Å². The molecule has 0 aliphatic rings. The molecule has 0 aromatic heterocycles. The standard InChI is InChI=1S/C65H56F3N7O6S3/c1-63(2,3)44-16-12-41(38-52(82)34-39-10-23-49(24-11-39)73(76)77)40(35-44)13-29-53-58(66)54(30-14-42-36-45(64(4,5)6)17-32-56(42)71-61(83)69-47-19-25-50(26-20-47)74(78)79)60(68)55(59(53)67)31-15-43-37-46(65(7,8)9)18-33-57(43)72-62(84)70-48-21-27-51(28-22-48)75(80)81/h10-12,16-28,32-33,35-37H,34,38H2,1-9H3,(H2,69,71,83)(H2,70,72,84). The van der Waals surface area contributed by atoms with E-state index >= 15 is 13.2 Å². The maximum absolute atomic E-state index is 17.4. The molecule has 7 aromatic carbocycles. The van der Waals surface area contributed by atoms with Gasteiger partial charge < -0.3 is 21.3 Å². The van der Waals surface area contributed by atoms with Crippen molar-refractivity contribution in [1.82, 2.24) is 0 Å². The van der Waals surface area contributed by atoms with Gasteiger partial charge >= 0.3 is 0 Å². The molecule has 0 radical (unpaired) electrons. The fourth-order valence-electron chi connectivity index (χ4n) is 8.28. The van der Waals surface area contributed by atoms with Gasteiger partial charge in [-0.1, -0.05) is 146 Å². The highest BCUT2D eigenvalue weighted by Crippen LogP contribution is 2.32. The van der Waals surface area contributed by atoms with Crippen LogP contribution in [0.15, 0.2) is 127 Å². The summed E-state index contributed by atoms with van der Waals surface area (Å²) in [5, 5.41) is 46.1. The van der Waals surface area contributed by atoms with Crippen LogP contribution in [0.3, 0.4) is 0 Å². The number of nitro benzene ring substituents is 3. The maximum atomic E-state index is 17.4. The Morgan fingerprint density at radius 2 is 0.750 bits per heavy atom. The van der Waals surface area contributed by atoms with Gasteiger partial charge in [0.25, 0.3) is 17.1 Å². The van der Waals surface area contributed by atoms with Crippen LogP contribution in [0.25, 0.3) is 0 Å². The molecule has 0 unspecified atom stereocenters. The number of thiocarbonyl (C=S) groups is 3. The van der Waals surface area contributed by atoms with Gasteiger partial charge in [0, 0.05) is 82.2 Å². The van der Waals surface area contributed by atoms with Crippen molar-refractivity contribution in [3.63, 3.8) is 0 Å². The molecule has 0 fully saturated rings. The van der Waals surface area contributed by atoms with E-state index in [2.05, 4.69) is 56.8 Å². The number of nitrogens with zero attached hydrogens (tertiary/aromatic N) is 3. The van der Waals surface area contributed by atoms with E-state index in [9.17, 15) is 30.3 Å². The molecule has 0 saturated carbocycles. The topological polar surface area (TPSA) is 178 Å². The Hall–Kier alpha value is -9.32. The van der Waals surface area contributed by atoms with Crippen molar-refractivity contribution >= 4 is 91.6 Å². The van der Waals surface area contributed by atoms with E-state index in [0.717, 1.165) is 22.3 Å². The van der Waals surface area contributed by atoms with Gasteiger partial charge in [0.05, 0.1) is 42.8 Å². The van der Waals surface area contributed by atoms with Crippen LogP contribution in [-0.4, -0.2) is 29.9 Å². The van der Waals surface area contributed by atoms with Crippen LogP contribution in [0.2, 0.25) is 0 Å². The lowest BCUT2D eigenvalue weighted by Crippen LogP contribution is -2.20. The molecule has 0 spiro atoms. The van der Waals surface area contributed by atoms with Crippen molar-refractivity contribution in [2.45, 2.75) is 91.4 Å². The molecule has 0 atom stereocenters. The first-order valence-electron chi connectivity index (χ1n) is 26.0. The summed E-state index contributed by atoms with van der Waals surface area (Å²) in [6, 6.07) is 33.3. The summed E-state index contributed by atoms with van der Waals surface area (Å²) in [6.45, 7) is 17.8. The first-order valence-corrected chi connectivity index (χ1v) is 27.3. The molecule has 426 valence electrons. The molecule has 13 nitrogen and oxygen atoms in total. The maximum Gasteiger partial charge on any atom is 0.269 e. The lowest BCUT2D eigenvalue weighted by Gasteiger charge is -2.21. The quantitative estimate of drug-likeness (QED) is 0.0417. The molecule has 0 bridgehead atoms. The summed E-state index contributed by atoms with van der Waals surface area (Å²) in [5.41, 5.74) is 2.18. The SMILES string of the molecule is CC(C)(C)c1ccc(CC(=S)Cc2ccc([N+](=O)[O-])cc2)c(C#Cc2c(F)c(C#Cc3cc(C(C)(C)C)ccc3NC(=S)Nc3ccc([N+](=O)[O-])cc3)c(F)c(C#Cc3cc(C(C)(C)C)ccc3NC(=S)Nc3ccc([N+](=O)[O-])cc3)c2F)c1. The molecule has 4 N–H and O–H groups in total. The Balaban J connectivity index is 1.39. The van der Waals surface area contributed by atoms with Crippen LogP contribution >= 0.6 is 36.7 Å². The fourth-order valence-corrected chi connectivity index (χ4v) is 9.06. The van der Waals surface area contributed by atoms with Crippen molar-refractivity contribution in [1.29, 1.82) is 0 Å². The summed E-state index contributed by atoms with van der Waals surface area (Å²) in [5.74, 6) is 12.6. The number of anilines is 4. The van der Waals surface area contributed by atoms with Gasteiger partial charge in [-0.15, -0.1) is 0 Å². The number of nitrogens with one attached hydrogen (secondary N) is 4. The largest absolute Gasteiger partial charge is 0.332 e. The highest BCUT2D eigenvalue weighted by molar-refractivity contribution is 7.81. The van der Waals surface area contributed by atoms with E-state index in [1.165, 1.54) is 60.7 Å². The second kappa shape index (κ2) is 25.9. The van der Waals surface area contributed by atoms with Gasteiger partial charge in [0.15, 0.2) is 27.7 Å². The third-order valence-corrected chi connectivity index (χ3v) is 13.8. The minimum atomic E-state index is -1.41. The smallest absolute Gasteiger partial charge is 0.269 e. The zero-order chi connectivity index (χ0) is 61.4. The highest BCUT2D eigenvalue weighted by Gasteiger charge is 2.25. The van der Waals surface area contributed by atoms with Gasteiger partial charge in [0.1, 0.15) is 0 Å². The lowest BCUT2D eigenvalue weighted by molar-refractivity contribution is -0.385. The normalized spacial score (nSPS) is 11.1. The highest BCUT2D eigenvalue weighted by atomic mass is 32.1. The minimum absolute atomic E-state index is 0.0662. The Labute approximate surface area is 501 Å². The van der Waals surface area contributed by atoms with E-state index < -0.39 is 65.2 Å². The van der Waals surface area contributed by atoms with Crippen LogP contribution in [0.4, 0.5) is 53.0 Å². The summed E-state index contributed by atoms with van der Waals surface area (Å²) >= 11 is 17.1. The number of halogens is 3. The van der Waals surface area contributed by atoms with E-state index in [0.29, 0.717) is 45.2 Å². The van der Waals surface area contributed by atoms with Crippen molar-refractivity contribution in [2.75, 3.05) is 21.3 Å². The Morgan fingerprint density at radius 3 is 1.10 bits per heavy atom. The predicted octanol–water partition coefficient (Wildman–Crippen LogP) is 15.7. The molecule has 84 heavy (non-hydrogen) atoms. The molecule has 0 saturated heterocycles. The fraction of sp³-hybridized carbons (Fsp3) is 0.215. The number of rotatable bonds is 11. The average molecular weight is 1180 g/mol. The molecule has 0 heterocycles. The van der Waals surface area contributed by atoms with Gasteiger partial charge in [0.2, 0.25) is 0 Å². The number of hydrogen-bond donors (Lipinski definition) is 4. The van der Waals surface area contributed by atoms with Gasteiger partial charge in [-0.05, 0) is 123 Å². The van der Waals surface area contributed by atoms with Crippen LogP contribution in [0.1, 0.15) is 124 Å². The van der Waals surface area contributed by atoms with Crippen LogP contribution < -0.4 is 21.3 Å². The van der Waals surface area contributed by atoms with E-state index in [1.807, 2.05) is 92.6 Å². The van der Waals surface area contributed by atoms with E-state index in [-0.39, 0.29) is 44.8 Å². The molecule has 0 aliphatic carbocycles. The third-order valence-electron chi connectivity index (χ3n) is 13.1. The van der Waals surface area contributed by atoms with Crippen molar-refractivity contribution in [3.05, 3.63) is 236 Å². The number of benzene rings is 7. The van der Waals surface area contributed by atoms with Crippen molar-refractivity contribution < 1.29 is 27.9 Å². The molecular formula is C65H56F3N7O6S3. The van der Waals surface area contributed by atoms with Gasteiger partial charge in [-0.2, -0.15) is 0 Å². The van der Waals surface area contributed by atoms with Crippen LogP contribution in [0.5, 0.6) is 0 Å². The second-order valence-corrected chi connectivity index (χ2v) is 23.9. The Bertz CT molecular complexity index is 3570. The summed E-state index contributed by atoms with van der Waals surface area (Å²) in [7, 11) is 0. The molecule has 19 heteroatoms. The predicted molar refractivity (Wildman–Crippen MR) is 339 cm³/mol. The Morgan fingerprint density at radius 1 is 0.429 bits per heavy atom. The number of hydrogen-bond acceptors (Lipinski definition) is 9. The van der Waals surface area contributed by atoms with Crippen molar-refractivity contribution in [2.24, 2.45) is 0 Å². The second-order valence-electron chi connectivity index (χ2n) is 22.5. The summed E-state index contributed by atoms with van der Waals surface area (Å²) in [6.07, 6.45) is 0.499. The van der Waals surface area contributed by atoms with Crippen LogP contribution in [0, 0.1) is 83.3 Å². The average Bonchev–Trinajstić information content (AvgIpc) is 1.85. The molecule has 0 aliphatic heterocycles. The zero-order valence-electron chi connectivity index (χ0n) is 47.2. The third kappa shape index (κ3) is 16.0. The minimum Gasteiger partial charge on any atom is -0.332 e.